The van der Waals surface area contributed by atoms with E-state index in [1.54, 1.807) is 7.11 Å². The summed E-state index contributed by atoms with van der Waals surface area (Å²) in [5.41, 5.74) is 1.42. The number of ether oxygens (including phenoxy) is 1. The SMILES string of the molecule is COc1cccc(CNC(=O)CC[C@@H]2CCCN(C(=O)c3cnsn3)C2)c1. The van der Waals surface area contributed by atoms with Crippen molar-refractivity contribution < 1.29 is 14.3 Å². The van der Waals surface area contributed by atoms with Crippen molar-refractivity contribution in [1.82, 2.24) is 19.0 Å². The van der Waals surface area contributed by atoms with Gasteiger partial charge in [0.05, 0.1) is 25.0 Å². The molecule has 1 aliphatic rings. The number of nitrogens with zero attached hydrogens (tertiary/aromatic N) is 3. The lowest BCUT2D eigenvalue weighted by atomic mass is 9.93. The fourth-order valence-corrected chi connectivity index (χ4v) is 3.72. The molecule has 8 heteroatoms. The lowest BCUT2D eigenvalue weighted by Gasteiger charge is -2.32. The van der Waals surface area contributed by atoms with Crippen LogP contribution in [0.3, 0.4) is 0 Å². The molecule has 1 N–H and O–H groups in total. The van der Waals surface area contributed by atoms with Crippen LogP contribution in [0.1, 0.15) is 41.7 Å². The van der Waals surface area contributed by atoms with E-state index >= 15 is 0 Å². The highest BCUT2D eigenvalue weighted by atomic mass is 32.1. The summed E-state index contributed by atoms with van der Waals surface area (Å²) in [7, 11) is 1.63. The topological polar surface area (TPSA) is 84.4 Å². The van der Waals surface area contributed by atoms with Crippen molar-refractivity contribution in [2.24, 2.45) is 5.92 Å². The van der Waals surface area contributed by atoms with Crippen molar-refractivity contribution in [3.63, 3.8) is 0 Å². The molecular formula is C19H24N4O3S. The van der Waals surface area contributed by atoms with Crippen LogP contribution in [0, 0.1) is 5.92 Å². The van der Waals surface area contributed by atoms with Gasteiger partial charge >= 0.3 is 0 Å². The number of rotatable bonds is 7. The summed E-state index contributed by atoms with van der Waals surface area (Å²) in [6, 6.07) is 7.66. The average molecular weight is 388 g/mol. The maximum Gasteiger partial charge on any atom is 0.275 e. The molecule has 1 aliphatic heterocycles. The van der Waals surface area contributed by atoms with E-state index in [-0.39, 0.29) is 11.8 Å². The summed E-state index contributed by atoms with van der Waals surface area (Å²) in [4.78, 5) is 26.4. The Morgan fingerprint density at radius 1 is 1.41 bits per heavy atom. The molecule has 2 aromatic rings. The van der Waals surface area contributed by atoms with Gasteiger partial charge in [-0.15, -0.1) is 0 Å². The van der Waals surface area contributed by atoms with Crippen molar-refractivity contribution in [3.05, 3.63) is 41.7 Å². The fraction of sp³-hybridized carbons (Fsp3) is 0.474. The summed E-state index contributed by atoms with van der Waals surface area (Å²) in [5, 5.41) is 2.95. The van der Waals surface area contributed by atoms with Gasteiger partial charge in [-0.05, 0) is 42.9 Å². The third-order valence-electron chi connectivity index (χ3n) is 4.79. The quantitative estimate of drug-likeness (QED) is 0.788. The second kappa shape index (κ2) is 9.45. The lowest BCUT2D eigenvalue weighted by Crippen LogP contribution is -2.40. The van der Waals surface area contributed by atoms with Gasteiger partial charge in [0.15, 0.2) is 5.69 Å². The second-order valence-electron chi connectivity index (χ2n) is 6.72. The third-order valence-corrected chi connectivity index (χ3v) is 5.27. The summed E-state index contributed by atoms with van der Waals surface area (Å²) in [6.45, 7) is 1.91. The van der Waals surface area contributed by atoms with Gasteiger partial charge in [-0.25, -0.2) is 0 Å². The first-order valence-electron chi connectivity index (χ1n) is 9.12. The van der Waals surface area contributed by atoms with Crippen LogP contribution < -0.4 is 10.1 Å². The Bertz CT molecular complexity index is 766. The molecule has 3 rings (SSSR count). The Labute approximate surface area is 163 Å². The first-order chi connectivity index (χ1) is 13.2. The minimum atomic E-state index is -0.0593. The van der Waals surface area contributed by atoms with Gasteiger partial charge in [0, 0.05) is 26.1 Å². The highest BCUT2D eigenvalue weighted by Gasteiger charge is 2.26. The van der Waals surface area contributed by atoms with Gasteiger partial charge in [-0.3, -0.25) is 9.59 Å². The average Bonchev–Trinajstić information content (AvgIpc) is 3.25. The highest BCUT2D eigenvalue weighted by molar-refractivity contribution is 6.99. The van der Waals surface area contributed by atoms with Crippen LogP contribution >= 0.6 is 11.7 Å². The Hall–Kier alpha value is -2.48. The van der Waals surface area contributed by atoms with Gasteiger partial charge in [0.1, 0.15) is 5.75 Å². The van der Waals surface area contributed by atoms with Crippen LogP contribution in [0.2, 0.25) is 0 Å². The molecule has 1 aromatic heterocycles. The zero-order chi connectivity index (χ0) is 19.1. The van der Waals surface area contributed by atoms with Crippen LogP contribution in [-0.2, 0) is 11.3 Å². The molecule has 1 atom stereocenters. The zero-order valence-corrected chi connectivity index (χ0v) is 16.2. The Morgan fingerprint density at radius 3 is 3.07 bits per heavy atom. The van der Waals surface area contributed by atoms with E-state index in [0.717, 1.165) is 48.8 Å². The monoisotopic (exact) mass is 388 g/mol. The molecule has 144 valence electrons. The van der Waals surface area contributed by atoms with Crippen LogP contribution in [0.25, 0.3) is 0 Å². The molecule has 0 bridgehead atoms. The predicted molar refractivity (Wildman–Crippen MR) is 103 cm³/mol. The number of carbonyl (C=O) groups excluding carboxylic acids is 2. The van der Waals surface area contributed by atoms with Gasteiger partial charge < -0.3 is 15.0 Å². The third kappa shape index (κ3) is 5.50. The summed E-state index contributed by atoms with van der Waals surface area (Å²) in [6.07, 6.45) is 4.77. The number of piperidine rings is 1. The minimum absolute atomic E-state index is 0.0324. The van der Waals surface area contributed by atoms with E-state index in [1.807, 2.05) is 29.2 Å². The van der Waals surface area contributed by atoms with E-state index in [4.69, 9.17) is 4.74 Å². The summed E-state index contributed by atoms with van der Waals surface area (Å²) < 4.78 is 13.1. The molecule has 0 radical (unpaired) electrons. The van der Waals surface area contributed by atoms with Crippen molar-refractivity contribution in [1.29, 1.82) is 0 Å². The number of benzene rings is 1. The largest absolute Gasteiger partial charge is 0.497 e. The molecule has 2 amide bonds. The second-order valence-corrected chi connectivity index (χ2v) is 7.28. The zero-order valence-electron chi connectivity index (χ0n) is 15.4. The normalized spacial score (nSPS) is 16.8. The number of hydrogen-bond acceptors (Lipinski definition) is 6. The van der Waals surface area contributed by atoms with E-state index < -0.39 is 0 Å². The van der Waals surface area contributed by atoms with E-state index in [2.05, 4.69) is 14.1 Å². The first-order valence-corrected chi connectivity index (χ1v) is 9.85. The van der Waals surface area contributed by atoms with Crippen molar-refractivity contribution in [2.75, 3.05) is 20.2 Å². The van der Waals surface area contributed by atoms with Gasteiger partial charge in [-0.1, -0.05) is 12.1 Å². The maximum absolute atomic E-state index is 12.4. The van der Waals surface area contributed by atoms with E-state index in [1.165, 1.54) is 6.20 Å². The predicted octanol–water partition coefficient (Wildman–Crippen LogP) is 2.50. The van der Waals surface area contributed by atoms with Crippen molar-refractivity contribution in [3.8, 4) is 5.75 Å². The van der Waals surface area contributed by atoms with Crippen LogP contribution in [0.15, 0.2) is 30.5 Å². The Morgan fingerprint density at radius 2 is 2.30 bits per heavy atom. The van der Waals surface area contributed by atoms with Gasteiger partial charge in [-0.2, -0.15) is 8.75 Å². The summed E-state index contributed by atoms with van der Waals surface area (Å²) in [5.74, 6) is 1.10. The smallest absolute Gasteiger partial charge is 0.275 e. The van der Waals surface area contributed by atoms with Crippen LogP contribution in [0.5, 0.6) is 5.75 Å². The molecule has 1 saturated heterocycles. The number of amides is 2. The standard InChI is InChI=1S/C19H24N4O3S/c1-26-16-6-2-4-15(10-16)11-20-18(24)8-7-14-5-3-9-23(13-14)19(25)17-12-21-27-22-17/h2,4,6,10,12,14H,3,5,7-9,11,13H2,1H3,(H,20,24)/t14-/m0/s1. The molecular weight excluding hydrogens is 364 g/mol. The molecule has 1 aromatic carbocycles. The maximum atomic E-state index is 12.4. The van der Waals surface area contributed by atoms with Crippen molar-refractivity contribution >= 4 is 23.5 Å². The van der Waals surface area contributed by atoms with E-state index in [0.29, 0.717) is 31.1 Å². The fourth-order valence-electron chi connectivity index (χ4n) is 3.31. The first kappa shape index (κ1) is 19.3. The summed E-state index contributed by atoms with van der Waals surface area (Å²) >= 11 is 1.04. The minimum Gasteiger partial charge on any atom is -0.497 e. The lowest BCUT2D eigenvalue weighted by molar-refractivity contribution is -0.121. The number of likely N-dealkylation sites (tertiary alicyclic amines) is 1. The number of carbonyl (C=O) groups is 2. The Kier molecular flexibility index (Phi) is 6.75. The van der Waals surface area contributed by atoms with Gasteiger partial charge in [0.25, 0.3) is 5.91 Å². The van der Waals surface area contributed by atoms with Crippen molar-refractivity contribution in [2.45, 2.75) is 32.2 Å². The molecule has 27 heavy (non-hydrogen) atoms. The number of hydrogen-bond donors (Lipinski definition) is 1. The number of aromatic nitrogens is 2. The molecule has 7 nitrogen and oxygen atoms in total. The molecule has 2 heterocycles. The highest BCUT2D eigenvalue weighted by Crippen LogP contribution is 2.22. The van der Waals surface area contributed by atoms with E-state index in [9.17, 15) is 9.59 Å². The van der Waals surface area contributed by atoms with Gasteiger partial charge in [0.2, 0.25) is 5.91 Å². The molecule has 0 spiro atoms. The van der Waals surface area contributed by atoms with Crippen LogP contribution in [0.4, 0.5) is 0 Å². The molecule has 0 unspecified atom stereocenters. The molecule has 1 fully saturated rings. The Balaban J connectivity index is 1.42. The number of methoxy groups -OCH3 is 1. The molecule has 0 aliphatic carbocycles. The number of nitrogens with one attached hydrogen (secondary N) is 1. The van der Waals surface area contributed by atoms with Crippen LogP contribution in [-0.4, -0.2) is 45.7 Å². The molecule has 0 saturated carbocycles.